The van der Waals surface area contributed by atoms with E-state index >= 15 is 0 Å². The van der Waals surface area contributed by atoms with E-state index in [-0.39, 0.29) is 6.54 Å². The van der Waals surface area contributed by atoms with Crippen molar-refractivity contribution in [1.29, 1.82) is 0 Å². The summed E-state index contributed by atoms with van der Waals surface area (Å²) < 4.78 is 17.0. The largest absolute Gasteiger partial charge is 0.494 e. The van der Waals surface area contributed by atoms with E-state index in [1.165, 1.54) is 0 Å². The van der Waals surface area contributed by atoms with Gasteiger partial charge >= 0.3 is 12.1 Å². The van der Waals surface area contributed by atoms with Gasteiger partial charge in [0.15, 0.2) is 0 Å². The zero-order valence-electron chi connectivity index (χ0n) is 21.4. The average molecular weight is 515 g/mol. The first kappa shape index (κ1) is 26.5. The molecule has 1 heterocycles. The fraction of sp³-hybridized carbons (Fsp3) is 0.233. The van der Waals surface area contributed by atoms with E-state index in [0.29, 0.717) is 24.0 Å². The van der Waals surface area contributed by atoms with Gasteiger partial charge in [0.05, 0.1) is 12.3 Å². The van der Waals surface area contributed by atoms with Gasteiger partial charge in [0.2, 0.25) is 5.89 Å². The van der Waals surface area contributed by atoms with Crippen molar-refractivity contribution in [3.63, 3.8) is 0 Å². The molecule has 0 unspecified atom stereocenters. The molecule has 38 heavy (non-hydrogen) atoms. The second-order valence-corrected chi connectivity index (χ2v) is 8.91. The van der Waals surface area contributed by atoms with E-state index in [2.05, 4.69) is 4.98 Å². The third kappa shape index (κ3) is 7.46. The summed E-state index contributed by atoms with van der Waals surface area (Å²) in [6.07, 6.45) is 0.767. The summed E-state index contributed by atoms with van der Waals surface area (Å²) in [5.74, 6) is 1.35. The van der Waals surface area contributed by atoms with Crippen molar-refractivity contribution in [3.8, 4) is 23.0 Å². The standard InChI is InChI=1S/C30H30N2O6/c1-21-10-14-26(15-11-21)38-30(35)32(20-28(33)34)19-23-12-16-25(17-13-23)36-18-6-9-27-22(2)37-29(31-27)24-7-4-3-5-8-24/h3-5,7-8,10-17H,6,9,18-20H2,1-2H3,(H,33,34). The zero-order valence-corrected chi connectivity index (χ0v) is 21.4. The first-order valence-electron chi connectivity index (χ1n) is 12.4. The Morgan fingerprint density at radius 2 is 1.61 bits per heavy atom. The average Bonchev–Trinajstić information content (AvgIpc) is 3.29. The molecule has 0 aliphatic carbocycles. The Hall–Kier alpha value is -4.59. The topological polar surface area (TPSA) is 102 Å². The van der Waals surface area contributed by atoms with Crippen molar-refractivity contribution in [1.82, 2.24) is 9.88 Å². The Labute approximate surface area is 221 Å². The second-order valence-electron chi connectivity index (χ2n) is 8.91. The molecule has 1 N–H and O–H groups in total. The van der Waals surface area contributed by atoms with Crippen molar-refractivity contribution in [2.75, 3.05) is 13.2 Å². The first-order chi connectivity index (χ1) is 18.4. The van der Waals surface area contributed by atoms with Crippen LogP contribution in [0.4, 0.5) is 4.79 Å². The summed E-state index contributed by atoms with van der Waals surface area (Å²) in [5.41, 5.74) is 3.65. The second kappa shape index (κ2) is 12.6. The van der Waals surface area contributed by atoms with Crippen LogP contribution < -0.4 is 9.47 Å². The molecule has 0 atom stereocenters. The molecule has 8 nitrogen and oxygen atoms in total. The highest BCUT2D eigenvalue weighted by Crippen LogP contribution is 2.22. The number of ether oxygens (including phenoxy) is 2. The summed E-state index contributed by atoms with van der Waals surface area (Å²) in [6, 6.07) is 24.0. The number of hydrogen-bond donors (Lipinski definition) is 1. The van der Waals surface area contributed by atoms with Gasteiger partial charge in [-0.1, -0.05) is 48.0 Å². The van der Waals surface area contributed by atoms with Gasteiger partial charge < -0.3 is 19.0 Å². The highest BCUT2D eigenvalue weighted by Gasteiger charge is 2.19. The van der Waals surface area contributed by atoms with Crippen LogP contribution in [0.1, 0.15) is 29.0 Å². The molecule has 0 aliphatic rings. The van der Waals surface area contributed by atoms with E-state index in [9.17, 15) is 14.7 Å². The Kier molecular flexibility index (Phi) is 8.77. The number of benzene rings is 3. The lowest BCUT2D eigenvalue weighted by atomic mass is 10.2. The third-order valence-corrected chi connectivity index (χ3v) is 5.85. The van der Waals surface area contributed by atoms with Crippen LogP contribution in [-0.2, 0) is 17.8 Å². The van der Waals surface area contributed by atoms with Crippen molar-refractivity contribution < 1.29 is 28.6 Å². The van der Waals surface area contributed by atoms with Crippen molar-refractivity contribution in [3.05, 3.63) is 101 Å². The smallest absolute Gasteiger partial charge is 0.416 e. The molecule has 0 saturated carbocycles. The third-order valence-electron chi connectivity index (χ3n) is 5.85. The molecule has 3 aromatic carbocycles. The lowest BCUT2D eigenvalue weighted by molar-refractivity contribution is -0.138. The Morgan fingerprint density at radius 3 is 2.29 bits per heavy atom. The minimum absolute atomic E-state index is 0.0897. The molecule has 1 amide bonds. The maximum atomic E-state index is 12.6. The normalized spacial score (nSPS) is 10.7. The summed E-state index contributed by atoms with van der Waals surface area (Å²) in [6.45, 7) is 3.96. The van der Waals surface area contributed by atoms with Crippen molar-refractivity contribution in [2.24, 2.45) is 0 Å². The quantitative estimate of drug-likeness (QED) is 0.243. The van der Waals surface area contributed by atoms with E-state index in [0.717, 1.165) is 45.9 Å². The molecule has 4 aromatic rings. The number of carboxylic acid groups (broad SMARTS) is 1. The lowest BCUT2D eigenvalue weighted by Crippen LogP contribution is -2.37. The van der Waals surface area contributed by atoms with Gasteiger partial charge in [0.1, 0.15) is 23.8 Å². The number of rotatable bonds is 11. The predicted octanol–water partition coefficient (Wildman–Crippen LogP) is 6.06. The molecule has 0 saturated heterocycles. The molecule has 0 spiro atoms. The number of hydrogen-bond acceptors (Lipinski definition) is 6. The number of aliphatic carboxylic acids is 1. The summed E-state index contributed by atoms with van der Waals surface area (Å²) in [5, 5.41) is 9.26. The van der Waals surface area contributed by atoms with Crippen LogP contribution in [0, 0.1) is 13.8 Å². The molecular weight excluding hydrogens is 484 g/mol. The molecule has 4 rings (SSSR count). The number of nitrogens with zero attached hydrogens (tertiary/aromatic N) is 2. The van der Waals surface area contributed by atoms with Gasteiger partial charge in [-0.2, -0.15) is 0 Å². The molecule has 0 bridgehead atoms. The van der Waals surface area contributed by atoms with E-state index in [1.807, 2.05) is 56.3 Å². The Morgan fingerprint density at radius 1 is 0.921 bits per heavy atom. The predicted molar refractivity (Wildman–Crippen MR) is 142 cm³/mol. The highest BCUT2D eigenvalue weighted by molar-refractivity contribution is 5.78. The van der Waals surface area contributed by atoms with Crippen LogP contribution in [0.15, 0.2) is 83.3 Å². The van der Waals surface area contributed by atoms with Crippen LogP contribution in [0.3, 0.4) is 0 Å². The summed E-state index contributed by atoms with van der Waals surface area (Å²) in [7, 11) is 0. The number of carboxylic acids is 1. The number of amides is 1. The van der Waals surface area contributed by atoms with Gasteiger partial charge in [0, 0.05) is 12.1 Å². The number of aryl methyl sites for hydroxylation is 3. The molecule has 0 fully saturated rings. The molecular formula is C30H30N2O6. The molecule has 8 heteroatoms. The Bertz CT molecular complexity index is 1350. The van der Waals surface area contributed by atoms with Gasteiger partial charge in [-0.05, 0) is 68.7 Å². The summed E-state index contributed by atoms with van der Waals surface area (Å²) in [4.78, 5) is 29.7. The molecule has 0 radical (unpaired) electrons. The number of oxazole rings is 1. The lowest BCUT2D eigenvalue weighted by Gasteiger charge is -2.20. The molecule has 196 valence electrons. The summed E-state index contributed by atoms with van der Waals surface area (Å²) >= 11 is 0. The van der Waals surface area contributed by atoms with Crippen LogP contribution in [0.5, 0.6) is 11.5 Å². The number of carbonyl (C=O) groups is 2. The van der Waals surface area contributed by atoms with Crippen molar-refractivity contribution in [2.45, 2.75) is 33.2 Å². The van der Waals surface area contributed by atoms with Gasteiger partial charge in [-0.15, -0.1) is 0 Å². The fourth-order valence-electron chi connectivity index (χ4n) is 3.83. The van der Waals surface area contributed by atoms with Gasteiger partial charge in [-0.25, -0.2) is 9.78 Å². The van der Waals surface area contributed by atoms with E-state index in [1.54, 1.807) is 36.4 Å². The minimum atomic E-state index is -1.12. The maximum Gasteiger partial charge on any atom is 0.416 e. The Balaban J connectivity index is 1.27. The van der Waals surface area contributed by atoms with Crippen LogP contribution >= 0.6 is 0 Å². The minimum Gasteiger partial charge on any atom is -0.494 e. The van der Waals surface area contributed by atoms with Crippen LogP contribution in [0.25, 0.3) is 11.5 Å². The highest BCUT2D eigenvalue weighted by atomic mass is 16.6. The van der Waals surface area contributed by atoms with Crippen LogP contribution in [-0.4, -0.2) is 40.2 Å². The fourth-order valence-corrected chi connectivity index (χ4v) is 3.83. The zero-order chi connectivity index (χ0) is 26.9. The number of carbonyl (C=O) groups excluding carboxylic acids is 1. The van der Waals surface area contributed by atoms with E-state index < -0.39 is 18.6 Å². The molecule has 0 aliphatic heterocycles. The van der Waals surface area contributed by atoms with Crippen LogP contribution in [0.2, 0.25) is 0 Å². The SMILES string of the molecule is Cc1ccc(OC(=O)N(CC(=O)O)Cc2ccc(OCCCc3nc(-c4ccccc4)oc3C)cc2)cc1. The first-order valence-corrected chi connectivity index (χ1v) is 12.4. The maximum absolute atomic E-state index is 12.6. The number of aromatic nitrogens is 1. The van der Waals surface area contributed by atoms with Gasteiger partial charge in [0.25, 0.3) is 0 Å². The monoisotopic (exact) mass is 514 g/mol. The van der Waals surface area contributed by atoms with Gasteiger partial charge in [-0.3, -0.25) is 9.69 Å². The van der Waals surface area contributed by atoms with Crippen molar-refractivity contribution >= 4 is 12.1 Å². The van der Waals surface area contributed by atoms with E-state index in [4.69, 9.17) is 13.9 Å². The molecule has 1 aromatic heterocycles.